The average molecular weight is 375 g/mol. The van der Waals surface area contributed by atoms with E-state index >= 15 is 0 Å². The molecule has 5 nitrogen and oxygen atoms in total. The van der Waals surface area contributed by atoms with Gasteiger partial charge in [0.25, 0.3) is 0 Å². The van der Waals surface area contributed by atoms with Crippen LogP contribution in [0.15, 0.2) is 41.3 Å². The van der Waals surface area contributed by atoms with E-state index in [2.05, 4.69) is 0 Å². The summed E-state index contributed by atoms with van der Waals surface area (Å²) in [5.74, 6) is 1.26. The number of nitrogens with zero attached hydrogens (tertiary/aromatic N) is 1. The van der Waals surface area contributed by atoms with Crippen molar-refractivity contribution in [1.29, 1.82) is 0 Å². The SMILES string of the molecule is CCOc1ccc(CN(C)S(=O)(=O)c2ccc3c(c2)CCC3)cc1OC. The van der Waals surface area contributed by atoms with Gasteiger partial charge in [-0.25, -0.2) is 8.42 Å². The minimum Gasteiger partial charge on any atom is -0.493 e. The van der Waals surface area contributed by atoms with Crippen LogP contribution in [0.2, 0.25) is 0 Å². The molecule has 2 aromatic carbocycles. The van der Waals surface area contributed by atoms with Gasteiger partial charge in [0.15, 0.2) is 11.5 Å². The van der Waals surface area contributed by atoms with E-state index in [-0.39, 0.29) is 6.54 Å². The van der Waals surface area contributed by atoms with E-state index < -0.39 is 10.0 Å². The fourth-order valence-corrected chi connectivity index (χ4v) is 4.53. The number of hydrogen-bond donors (Lipinski definition) is 0. The molecule has 2 aromatic rings. The van der Waals surface area contributed by atoms with E-state index in [1.807, 2.05) is 37.3 Å². The molecule has 0 spiro atoms. The zero-order valence-corrected chi connectivity index (χ0v) is 16.3. The highest BCUT2D eigenvalue weighted by molar-refractivity contribution is 7.89. The maximum Gasteiger partial charge on any atom is 0.243 e. The first-order valence-electron chi connectivity index (χ1n) is 8.83. The molecule has 0 saturated carbocycles. The Kier molecular flexibility index (Phi) is 5.53. The summed E-state index contributed by atoms with van der Waals surface area (Å²) in [4.78, 5) is 0.360. The lowest BCUT2D eigenvalue weighted by Crippen LogP contribution is -2.26. The summed E-state index contributed by atoms with van der Waals surface area (Å²) in [7, 11) is -0.359. The van der Waals surface area contributed by atoms with Crippen molar-refractivity contribution in [2.45, 2.75) is 37.6 Å². The molecule has 0 aliphatic heterocycles. The molecule has 0 aromatic heterocycles. The van der Waals surface area contributed by atoms with Gasteiger partial charge in [-0.15, -0.1) is 0 Å². The maximum absolute atomic E-state index is 12.9. The number of hydrogen-bond acceptors (Lipinski definition) is 4. The zero-order valence-electron chi connectivity index (χ0n) is 15.5. The number of fused-ring (bicyclic) bond motifs is 1. The molecule has 140 valence electrons. The lowest BCUT2D eigenvalue weighted by molar-refractivity contribution is 0.310. The monoisotopic (exact) mass is 375 g/mol. The number of aryl methyl sites for hydroxylation is 2. The van der Waals surface area contributed by atoms with Crippen LogP contribution in [0.5, 0.6) is 11.5 Å². The average Bonchev–Trinajstić information content (AvgIpc) is 3.10. The molecule has 0 heterocycles. The molecule has 0 atom stereocenters. The molecule has 0 amide bonds. The zero-order chi connectivity index (χ0) is 18.7. The van der Waals surface area contributed by atoms with Gasteiger partial charge in [0.1, 0.15) is 0 Å². The number of methoxy groups -OCH3 is 1. The van der Waals surface area contributed by atoms with Crippen LogP contribution in [0.1, 0.15) is 30.0 Å². The number of rotatable bonds is 7. The minimum absolute atomic E-state index is 0.266. The first kappa shape index (κ1) is 18.7. The van der Waals surface area contributed by atoms with Crippen LogP contribution in [-0.2, 0) is 29.4 Å². The van der Waals surface area contributed by atoms with Gasteiger partial charge < -0.3 is 9.47 Å². The molecule has 1 aliphatic carbocycles. The van der Waals surface area contributed by atoms with Gasteiger partial charge in [-0.05, 0) is 67.1 Å². The quantitative estimate of drug-likeness (QED) is 0.744. The normalized spacial score (nSPS) is 13.7. The molecule has 0 fully saturated rings. The van der Waals surface area contributed by atoms with Crippen molar-refractivity contribution in [2.75, 3.05) is 20.8 Å². The Labute approximate surface area is 155 Å². The van der Waals surface area contributed by atoms with Crippen LogP contribution >= 0.6 is 0 Å². The van der Waals surface area contributed by atoms with Gasteiger partial charge in [0, 0.05) is 13.6 Å². The van der Waals surface area contributed by atoms with E-state index in [0.29, 0.717) is 23.0 Å². The van der Waals surface area contributed by atoms with Crippen LogP contribution in [-0.4, -0.2) is 33.5 Å². The second-order valence-electron chi connectivity index (χ2n) is 6.46. The van der Waals surface area contributed by atoms with Gasteiger partial charge in [0.2, 0.25) is 10.0 Å². The maximum atomic E-state index is 12.9. The lowest BCUT2D eigenvalue weighted by atomic mass is 10.1. The second kappa shape index (κ2) is 7.68. The third-order valence-electron chi connectivity index (χ3n) is 4.71. The van der Waals surface area contributed by atoms with Gasteiger partial charge >= 0.3 is 0 Å². The summed E-state index contributed by atoms with van der Waals surface area (Å²) in [6.07, 6.45) is 3.09. The highest BCUT2D eigenvalue weighted by Crippen LogP contribution is 2.30. The molecule has 0 radical (unpaired) electrons. The van der Waals surface area contributed by atoms with Crippen molar-refractivity contribution in [3.8, 4) is 11.5 Å². The largest absolute Gasteiger partial charge is 0.493 e. The van der Waals surface area contributed by atoms with Gasteiger partial charge in [-0.3, -0.25) is 0 Å². The van der Waals surface area contributed by atoms with Crippen molar-refractivity contribution in [2.24, 2.45) is 0 Å². The molecule has 0 bridgehead atoms. The Morgan fingerprint density at radius 1 is 1.04 bits per heavy atom. The minimum atomic E-state index is -3.54. The number of benzene rings is 2. The summed E-state index contributed by atoms with van der Waals surface area (Å²) in [5, 5.41) is 0. The third kappa shape index (κ3) is 3.71. The molecule has 0 saturated heterocycles. The highest BCUT2D eigenvalue weighted by Gasteiger charge is 2.23. The summed E-state index contributed by atoms with van der Waals surface area (Å²) in [5.41, 5.74) is 3.27. The predicted molar refractivity (Wildman–Crippen MR) is 101 cm³/mol. The summed E-state index contributed by atoms with van der Waals surface area (Å²) in [6.45, 7) is 2.72. The van der Waals surface area contributed by atoms with E-state index in [1.165, 1.54) is 9.87 Å². The topological polar surface area (TPSA) is 55.8 Å². The first-order chi connectivity index (χ1) is 12.5. The third-order valence-corrected chi connectivity index (χ3v) is 6.51. The van der Waals surface area contributed by atoms with Crippen LogP contribution in [0, 0.1) is 0 Å². The van der Waals surface area contributed by atoms with E-state index in [0.717, 1.165) is 30.4 Å². The number of sulfonamides is 1. The molecule has 1 aliphatic rings. The number of ether oxygens (including phenoxy) is 2. The fraction of sp³-hybridized carbons (Fsp3) is 0.400. The standard InChI is InChI=1S/C20H25NO4S/c1-4-25-19-11-8-15(12-20(19)24-3)14-21(2)26(22,23)18-10-9-16-6-5-7-17(16)13-18/h8-13H,4-7,14H2,1-3H3. The molecular weight excluding hydrogens is 350 g/mol. The van der Waals surface area contributed by atoms with E-state index in [1.54, 1.807) is 20.2 Å². The Bertz CT molecular complexity index is 893. The van der Waals surface area contributed by atoms with Crippen LogP contribution in [0.3, 0.4) is 0 Å². The fourth-order valence-electron chi connectivity index (χ4n) is 3.32. The highest BCUT2D eigenvalue weighted by atomic mass is 32.2. The van der Waals surface area contributed by atoms with E-state index in [9.17, 15) is 8.42 Å². The Balaban J connectivity index is 1.81. The molecular formula is C20H25NO4S. The van der Waals surface area contributed by atoms with Crippen molar-refractivity contribution in [3.63, 3.8) is 0 Å². The molecule has 3 rings (SSSR count). The summed E-state index contributed by atoms with van der Waals surface area (Å²) < 4.78 is 38.1. The second-order valence-corrected chi connectivity index (χ2v) is 8.51. The van der Waals surface area contributed by atoms with Gasteiger partial charge in [-0.2, -0.15) is 4.31 Å². The van der Waals surface area contributed by atoms with Gasteiger partial charge in [-0.1, -0.05) is 12.1 Å². The smallest absolute Gasteiger partial charge is 0.243 e. The summed E-state index contributed by atoms with van der Waals surface area (Å²) in [6, 6.07) is 11.0. The Morgan fingerprint density at radius 3 is 2.54 bits per heavy atom. The molecule has 0 unspecified atom stereocenters. The Hall–Kier alpha value is -2.05. The first-order valence-corrected chi connectivity index (χ1v) is 10.3. The van der Waals surface area contributed by atoms with Crippen molar-refractivity contribution in [3.05, 3.63) is 53.1 Å². The molecule has 0 N–H and O–H groups in total. The van der Waals surface area contributed by atoms with Crippen LogP contribution in [0.25, 0.3) is 0 Å². The molecule has 6 heteroatoms. The lowest BCUT2D eigenvalue weighted by Gasteiger charge is -2.19. The van der Waals surface area contributed by atoms with Crippen LogP contribution in [0.4, 0.5) is 0 Å². The van der Waals surface area contributed by atoms with Crippen LogP contribution < -0.4 is 9.47 Å². The van der Waals surface area contributed by atoms with Crippen molar-refractivity contribution < 1.29 is 17.9 Å². The van der Waals surface area contributed by atoms with E-state index in [4.69, 9.17) is 9.47 Å². The molecule has 26 heavy (non-hydrogen) atoms. The van der Waals surface area contributed by atoms with Gasteiger partial charge in [0.05, 0.1) is 18.6 Å². The van der Waals surface area contributed by atoms with Crippen molar-refractivity contribution >= 4 is 10.0 Å². The summed E-state index contributed by atoms with van der Waals surface area (Å²) >= 11 is 0. The Morgan fingerprint density at radius 2 is 1.81 bits per heavy atom. The van der Waals surface area contributed by atoms with Crippen molar-refractivity contribution in [1.82, 2.24) is 4.31 Å². The predicted octanol–water partition coefficient (Wildman–Crippen LogP) is 3.40.